The summed E-state index contributed by atoms with van der Waals surface area (Å²) >= 11 is 13.5. The number of nitrogen functional groups attached to an aromatic ring is 1. The van der Waals surface area contributed by atoms with Crippen LogP contribution in [0.1, 0.15) is 5.56 Å². The average molecular weight is 325 g/mol. The monoisotopic (exact) mass is 324 g/mol. The minimum absolute atomic E-state index is 0.594. The standard InChI is InChI=1S/C14H10Cl2N2OS/c15-9-2-1-8(11(16)5-9)7-20-14-18-12-6-10(17)3-4-13(12)19-14/h1-6H,7,17H2. The van der Waals surface area contributed by atoms with Crippen LogP contribution < -0.4 is 5.73 Å². The average Bonchev–Trinajstić information content (AvgIpc) is 2.79. The van der Waals surface area contributed by atoms with Gasteiger partial charge in [0, 0.05) is 21.5 Å². The van der Waals surface area contributed by atoms with E-state index in [1.807, 2.05) is 18.2 Å². The minimum atomic E-state index is 0.594. The number of oxazole rings is 1. The van der Waals surface area contributed by atoms with E-state index in [0.717, 1.165) is 16.7 Å². The van der Waals surface area contributed by atoms with Gasteiger partial charge in [0.15, 0.2) is 5.58 Å². The zero-order valence-corrected chi connectivity index (χ0v) is 12.6. The third-order valence-electron chi connectivity index (χ3n) is 2.76. The molecule has 3 aromatic rings. The van der Waals surface area contributed by atoms with Gasteiger partial charge in [0.1, 0.15) is 5.52 Å². The molecule has 0 spiro atoms. The molecule has 0 aliphatic heterocycles. The van der Waals surface area contributed by atoms with Gasteiger partial charge in [-0.05, 0) is 35.9 Å². The second kappa shape index (κ2) is 5.56. The quantitative estimate of drug-likeness (QED) is 0.543. The van der Waals surface area contributed by atoms with Crippen molar-refractivity contribution in [2.45, 2.75) is 11.0 Å². The molecule has 0 bridgehead atoms. The fourth-order valence-electron chi connectivity index (χ4n) is 1.76. The molecule has 0 amide bonds. The SMILES string of the molecule is Nc1ccc2oc(SCc3ccc(Cl)cc3Cl)nc2c1. The van der Waals surface area contributed by atoms with Gasteiger partial charge in [-0.1, -0.05) is 41.0 Å². The molecule has 102 valence electrons. The first-order valence-corrected chi connectivity index (χ1v) is 7.59. The normalized spacial score (nSPS) is 11.1. The number of nitrogens with zero attached hydrogens (tertiary/aromatic N) is 1. The van der Waals surface area contributed by atoms with Crippen LogP contribution >= 0.6 is 35.0 Å². The molecule has 0 saturated carbocycles. The molecule has 0 aliphatic rings. The van der Waals surface area contributed by atoms with Gasteiger partial charge in [0.25, 0.3) is 5.22 Å². The Balaban J connectivity index is 1.79. The molecule has 0 radical (unpaired) electrons. The Morgan fingerprint density at radius 2 is 2.00 bits per heavy atom. The van der Waals surface area contributed by atoms with E-state index < -0.39 is 0 Å². The molecule has 3 nitrogen and oxygen atoms in total. The first-order valence-electron chi connectivity index (χ1n) is 5.84. The largest absolute Gasteiger partial charge is 0.431 e. The molecule has 3 rings (SSSR count). The van der Waals surface area contributed by atoms with Crippen molar-refractivity contribution in [3.63, 3.8) is 0 Å². The van der Waals surface area contributed by atoms with Crippen molar-refractivity contribution in [2.75, 3.05) is 5.73 Å². The van der Waals surface area contributed by atoms with E-state index in [1.54, 1.807) is 18.2 Å². The fraction of sp³-hybridized carbons (Fsp3) is 0.0714. The predicted molar refractivity (Wildman–Crippen MR) is 84.4 cm³/mol. The first-order chi connectivity index (χ1) is 9.61. The lowest BCUT2D eigenvalue weighted by atomic mass is 10.2. The van der Waals surface area contributed by atoms with Gasteiger partial charge >= 0.3 is 0 Å². The Morgan fingerprint density at radius 3 is 2.80 bits per heavy atom. The highest BCUT2D eigenvalue weighted by Crippen LogP contribution is 2.30. The highest BCUT2D eigenvalue weighted by molar-refractivity contribution is 7.98. The molecule has 0 unspecified atom stereocenters. The van der Waals surface area contributed by atoms with E-state index in [4.69, 9.17) is 33.4 Å². The Labute approximate surface area is 130 Å². The Hall–Kier alpha value is -1.36. The number of hydrogen-bond donors (Lipinski definition) is 1. The molecule has 20 heavy (non-hydrogen) atoms. The molecule has 1 aromatic heterocycles. The van der Waals surface area contributed by atoms with Crippen LogP contribution in [-0.2, 0) is 5.75 Å². The maximum absolute atomic E-state index is 6.13. The summed E-state index contributed by atoms with van der Waals surface area (Å²) in [7, 11) is 0. The maximum atomic E-state index is 6.13. The van der Waals surface area contributed by atoms with Crippen LogP contribution in [0.15, 0.2) is 46.0 Å². The highest BCUT2D eigenvalue weighted by Gasteiger charge is 2.08. The van der Waals surface area contributed by atoms with Crippen LogP contribution in [0.4, 0.5) is 5.69 Å². The number of fused-ring (bicyclic) bond motifs is 1. The third-order valence-corrected chi connectivity index (χ3v) is 4.22. The Morgan fingerprint density at radius 1 is 1.15 bits per heavy atom. The number of thioether (sulfide) groups is 1. The molecule has 0 aliphatic carbocycles. The predicted octanol–water partition coefficient (Wildman–Crippen LogP) is 5.01. The lowest BCUT2D eigenvalue weighted by molar-refractivity contribution is 0.489. The Kier molecular flexibility index (Phi) is 3.78. The summed E-state index contributed by atoms with van der Waals surface area (Å²) in [5.41, 5.74) is 8.86. The van der Waals surface area contributed by atoms with E-state index in [9.17, 15) is 0 Å². The molecule has 1 heterocycles. The summed E-state index contributed by atoms with van der Waals surface area (Å²) in [6.07, 6.45) is 0. The second-order valence-electron chi connectivity index (χ2n) is 4.23. The molecule has 2 aromatic carbocycles. The van der Waals surface area contributed by atoms with E-state index >= 15 is 0 Å². The number of aromatic nitrogens is 1. The first kappa shape index (κ1) is 13.6. The lowest BCUT2D eigenvalue weighted by Gasteiger charge is -2.02. The molecular weight excluding hydrogens is 315 g/mol. The summed E-state index contributed by atoms with van der Waals surface area (Å²) in [5.74, 6) is 0.665. The maximum Gasteiger partial charge on any atom is 0.257 e. The smallest absolute Gasteiger partial charge is 0.257 e. The van der Waals surface area contributed by atoms with Crippen molar-refractivity contribution in [3.05, 3.63) is 52.0 Å². The second-order valence-corrected chi connectivity index (χ2v) is 6.00. The number of halogens is 2. The molecule has 2 N–H and O–H groups in total. The summed E-state index contributed by atoms with van der Waals surface area (Å²) in [6.45, 7) is 0. The summed E-state index contributed by atoms with van der Waals surface area (Å²) < 4.78 is 5.64. The van der Waals surface area contributed by atoms with Gasteiger partial charge in [-0.2, -0.15) is 0 Å². The lowest BCUT2D eigenvalue weighted by Crippen LogP contribution is -1.83. The van der Waals surface area contributed by atoms with Crippen LogP contribution in [0.2, 0.25) is 10.0 Å². The zero-order valence-electron chi connectivity index (χ0n) is 10.3. The summed E-state index contributed by atoms with van der Waals surface area (Å²) in [6, 6.07) is 10.8. The van der Waals surface area contributed by atoms with Gasteiger partial charge in [-0.25, -0.2) is 4.98 Å². The molecule has 6 heteroatoms. The molecule has 0 fully saturated rings. The van der Waals surface area contributed by atoms with Crippen LogP contribution in [-0.4, -0.2) is 4.98 Å². The van der Waals surface area contributed by atoms with Crippen LogP contribution in [0.5, 0.6) is 0 Å². The van der Waals surface area contributed by atoms with Crippen molar-refractivity contribution in [1.29, 1.82) is 0 Å². The molecule has 0 atom stereocenters. The topological polar surface area (TPSA) is 52.0 Å². The molecule has 0 saturated heterocycles. The zero-order chi connectivity index (χ0) is 14.1. The highest BCUT2D eigenvalue weighted by atomic mass is 35.5. The number of nitrogens with two attached hydrogens (primary N) is 1. The number of hydrogen-bond acceptors (Lipinski definition) is 4. The third kappa shape index (κ3) is 2.87. The number of benzene rings is 2. The van der Waals surface area contributed by atoms with Gasteiger partial charge in [-0.3, -0.25) is 0 Å². The van der Waals surface area contributed by atoms with E-state index in [2.05, 4.69) is 4.98 Å². The molecular formula is C14H10Cl2N2OS. The van der Waals surface area contributed by atoms with Gasteiger partial charge < -0.3 is 10.2 Å². The van der Waals surface area contributed by atoms with E-state index in [0.29, 0.717) is 26.7 Å². The summed E-state index contributed by atoms with van der Waals surface area (Å²) in [5, 5.41) is 1.86. The van der Waals surface area contributed by atoms with Crippen molar-refractivity contribution >= 4 is 51.8 Å². The van der Waals surface area contributed by atoms with Crippen LogP contribution in [0.25, 0.3) is 11.1 Å². The fourth-order valence-corrected chi connectivity index (χ4v) is 3.16. The van der Waals surface area contributed by atoms with Crippen molar-refractivity contribution in [2.24, 2.45) is 0 Å². The van der Waals surface area contributed by atoms with E-state index in [1.165, 1.54) is 11.8 Å². The minimum Gasteiger partial charge on any atom is -0.431 e. The van der Waals surface area contributed by atoms with Crippen LogP contribution in [0.3, 0.4) is 0 Å². The van der Waals surface area contributed by atoms with E-state index in [-0.39, 0.29) is 0 Å². The van der Waals surface area contributed by atoms with Gasteiger partial charge in [0.05, 0.1) is 0 Å². The van der Waals surface area contributed by atoms with Crippen molar-refractivity contribution < 1.29 is 4.42 Å². The summed E-state index contributed by atoms with van der Waals surface area (Å²) in [4.78, 5) is 4.38. The number of rotatable bonds is 3. The number of anilines is 1. The van der Waals surface area contributed by atoms with Gasteiger partial charge in [0.2, 0.25) is 0 Å². The van der Waals surface area contributed by atoms with Gasteiger partial charge in [-0.15, -0.1) is 0 Å². The van der Waals surface area contributed by atoms with Crippen molar-refractivity contribution in [3.8, 4) is 0 Å². The van der Waals surface area contributed by atoms with Crippen LogP contribution in [0, 0.1) is 0 Å². The Bertz CT molecular complexity index is 773. The van der Waals surface area contributed by atoms with Crippen molar-refractivity contribution in [1.82, 2.24) is 4.98 Å².